The Bertz CT molecular complexity index is 1370. The molecule has 3 aromatic carbocycles. The topological polar surface area (TPSA) is 71.1 Å². The number of hydrogen-bond acceptors (Lipinski definition) is 5. The minimum absolute atomic E-state index is 0.0775. The number of fused-ring (bicyclic) bond motifs is 4. The highest BCUT2D eigenvalue weighted by atomic mass is 16.5. The van der Waals surface area contributed by atoms with E-state index in [4.69, 9.17) is 9.47 Å². The number of hydrogen-bond donors (Lipinski definition) is 1. The van der Waals surface area contributed by atoms with Crippen LogP contribution in [0, 0.1) is 6.92 Å². The number of ether oxygens (including phenoxy) is 2. The minimum atomic E-state index is -0.557. The predicted octanol–water partition coefficient (Wildman–Crippen LogP) is 4.88. The fraction of sp³-hybridized carbons (Fsp3) is 0.375. The number of amides is 2. The Morgan fingerprint density at radius 1 is 1.03 bits per heavy atom. The molecule has 0 unspecified atom stereocenters. The molecule has 2 heterocycles. The average molecular weight is 528 g/mol. The zero-order valence-corrected chi connectivity index (χ0v) is 23.2. The first-order chi connectivity index (χ1) is 19.0. The van der Waals surface area contributed by atoms with Crippen LogP contribution in [0.3, 0.4) is 0 Å². The third-order valence-corrected chi connectivity index (χ3v) is 7.96. The lowest BCUT2D eigenvalue weighted by molar-refractivity contribution is -0.124. The van der Waals surface area contributed by atoms with Gasteiger partial charge in [0, 0.05) is 37.4 Å². The second kappa shape index (κ2) is 11.4. The molecule has 0 aromatic heterocycles. The molecule has 0 fully saturated rings. The van der Waals surface area contributed by atoms with Gasteiger partial charge in [-0.2, -0.15) is 0 Å². The Kier molecular flexibility index (Phi) is 7.77. The number of carbonyl (C=O) groups is 2. The van der Waals surface area contributed by atoms with E-state index in [1.165, 1.54) is 16.8 Å². The monoisotopic (exact) mass is 527 g/mol. The third-order valence-electron chi connectivity index (χ3n) is 7.96. The molecule has 5 rings (SSSR count). The molecule has 2 atom stereocenters. The summed E-state index contributed by atoms with van der Waals surface area (Å²) in [7, 11) is 3.12. The Hall–Kier alpha value is -4.00. The van der Waals surface area contributed by atoms with Crippen molar-refractivity contribution in [1.29, 1.82) is 0 Å². The van der Waals surface area contributed by atoms with Crippen LogP contribution in [-0.2, 0) is 11.2 Å². The molecule has 1 N–H and O–H groups in total. The van der Waals surface area contributed by atoms with Crippen molar-refractivity contribution in [2.24, 2.45) is 0 Å². The molecular weight excluding hydrogens is 490 g/mol. The van der Waals surface area contributed by atoms with Gasteiger partial charge in [-0.25, -0.2) is 0 Å². The van der Waals surface area contributed by atoms with Gasteiger partial charge in [-0.15, -0.1) is 0 Å². The summed E-state index contributed by atoms with van der Waals surface area (Å²) < 4.78 is 11.1. The van der Waals surface area contributed by atoms with Crippen LogP contribution in [-0.4, -0.2) is 57.1 Å². The first-order valence-corrected chi connectivity index (χ1v) is 13.7. The van der Waals surface area contributed by atoms with Crippen molar-refractivity contribution in [2.75, 3.05) is 45.3 Å². The molecule has 2 aliphatic rings. The summed E-state index contributed by atoms with van der Waals surface area (Å²) in [5, 5.41) is 3.20. The van der Waals surface area contributed by atoms with E-state index in [0.717, 1.165) is 31.5 Å². The number of aryl methyl sites for hydroxylation is 1. The molecule has 0 bridgehead atoms. The van der Waals surface area contributed by atoms with Crippen molar-refractivity contribution in [3.05, 3.63) is 88.5 Å². The SMILES string of the molecule is CCN(CCCNC(=O)[C@H]1c2cc(OC)c(OC)cc2C(=O)N2CCc3ccccc3[C@H]12)c1cccc(C)c1. The van der Waals surface area contributed by atoms with Gasteiger partial charge in [0.15, 0.2) is 11.5 Å². The molecule has 3 aromatic rings. The molecule has 2 aliphatic heterocycles. The van der Waals surface area contributed by atoms with Gasteiger partial charge in [-0.3, -0.25) is 9.59 Å². The Balaban J connectivity index is 1.42. The van der Waals surface area contributed by atoms with Gasteiger partial charge in [0.25, 0.3) is 5.91 Å². The summed E-state index contributed by atoms with van der Waals surface area (Å²) in [5.41, 5.74) is 5.83. The summed E-state index contributed by atoms with van der Waals surface area (Å²) in [6.07, 6.45) is 1.57. The molecule has 0 saturated carbocycles. The second-order valence-corrected chi connectivity index (χ2v) is 10.2. The largest absolute Gasteiger partial charge is 0.493 e. The number of benzene rings is 3. The third kappa shape index (κ3) is 5.05. The average Bonchev–Trinajstić information content (AvgIpc) is 2.96. The lowest BCUT2D eigenvalue weighted by Crippen LogP contribution is -2.50. The van der Waals surface area contributed by atoms with Crippen LogP contribution in [0.2, 0.25) is 0 Å². The van der Waals surface area contributed by atoms with Crippen LogP contribution in [0.1, 0.15) is 57.9 Å². The molecule has 2 amide bonds. The summed E-state index contributed by atoms with van der Waals surface area (Å²) >= 11 is 0. The maximum absolute atomic E-state index is 14.0. The predicted molar refractivity (Wildman–Crippen MR) is 153 cm³/mol. The quantitative estimate of drug-likeness (QED) is 0.402. The first-order valence-electron chi connectivity index (χ1n) is 13.7. The molecular formula is C32H37N3O4. The van der Waals surface area contributed by atoms with E-state index in [0.29, 0.717) is 35.7 Å². The van der Waals surface area contributed by atoms with Crippen LogP contribution in [0.5, 0.6) is 11.5 Å². The Morgan fingerprint density at radius 3 is 2.54 bits per heavy atom. The molecule has 7 nitrogen and oxygen atoms in total. The van der Waals surface area contributed by atoms with Gasteiger partial charge >= 0.3 is 0 Å². The number of methoxy groups -OCH3 is 2. The van der Waals surface area contributed by atoms with Crippen LogP contribution < -0.4 is 19.7 Å². The maximum Gasteiger partial charge on any atom is 0.254 e. The van der Waals surface area contributed by atoms with E-state index in [1.807, 2.05) is 23.1 Å². The van der Waals surface area contributed by atoms with Gasteiger partial charge in [0.2, 0.25) is 5.91 Å². The minimum Gasteiger partial charge on any atom is -0.493 e. The van der Waals surface area contributed by atoms with E-state index < -0.39 is 5.92 Å². The van der Waals surface area contributed by atoms with Gasteiger partial charge in [0.05, 0.1) is 26.2 Å². The Morgan fingerprint density at radius 2 is 1.79 bits per heavy atom. The van der Waals surface area contributed by atoms with Gasteiger partial charge in [0.1, 0.15) is 0 Å². The normalized spacial score (nSPS) is 17.5. The zero-order chi connectivity index (χ0) is 27.5. The lowest BCUT2D eigenvalue weighted by Gasteiger charge is -2.45. The molecule has 0 saturated heterocycles. The highest BCUT2D eigenvalue weighted by molar-refractivity contribution is 6.02. The van der Waals surface area contributed by atoms with Crippen LogP contribution in [0.25, 0.3) is 0 Å². The van der Waals surface area contributed by atoms with Crippen molar-refractivity contribution in [1.82, 2.24) is 10.2 Å². The van der Waals surface area contributed by atoms with E-state index >= 15 is 0 Å². The van der Waals surface area contributed by atoms with Crippen molar-refractivity contribution in [2.45, 2.75) is 38.6 Å². The van der Waals surface area contributed by atoms with Gasteiger partial charge < -0.3 is 24.6 Å². The van der Waals surface area contributed by atoms with Crippen molar-refractivity contribution in [3.8, 4) is 11.5 Å². The molecule has 7 heteroatoms. The fourth-order valence-electron chi connectivity index (χ4n) is 6.02. The number of nitrogens with one attached hydrogen (secondary N) is 1. The van der Waals surface area contributed by atoms with E-state index in [-0.39, 0.29) is 17.9 Å². The number of nitrogens with zero attached hydrogens (tertiary/aromatic N) is 2. The van der Waals surface area contributed by atoms with Crippen molar-refractivity contribution in [3.63, 3.8) is 0 Å². The van der Waals surface area contributed by atoms with Crippen LogP contribution in [0.4, 0.5) is 5.69 Å². The summed E-state index contributed by atoms with van der Waals surface area (Å²) in [6, 6.07) is 19.8. The summed E-state index contributed by atoms with van der Waals surface area (Å²) in [6.45, 7) is 7.09. The van der Waals surface area contributed by atoms with Crippen LogP contribution >= 0.6 is 0 Å². The zero-order valence-electron chi connectivity index (χ0n) is 23.2. The fourth-order valence-corrected chi connectivity index (χ4v) is 6.02. The highest BCUT2D eigenvalue weighted by Crippen LogP contribution is 2.48. The first kappa shape index (κ1) is 26.6. The van der Waals surface area contributed by atoms with Crippen molar-refractivity contribution >= 4 is 17.5 Å². The lowest BCUT2D eigenvalue weighted by atomic mass is 9.75. The van der Waals surface area contributed by atoms with Gasteiger partial charge in [-0.05, 0) is 73.2 Å². The molecule has 39 heavy (non-hydrogen) atoms. The number of anilines is 1. The number of rotatable bonds is 9. The van der Waals surface area contributed by atoms with Crippen molar-refractivity contribution < 1.29 is 19.1 Å². The maximum atomic E-state index is 14.0. The summed E-state index contributed by atoms with van der Waals surface area (Å²) in [5.74, 6) is 0.275. The standard InChI is InChI=1S/C32H37N3O4/c1-5-34(23-12-8-10-21(2)18-23)16-9-15-33-31(36)29-25-19-27(38-3)28(39-4)20-26(25)32(37)35-17-14-22-11-6-7-13-24(22)30(29)35/h6-8,10-13,18-20,29-30H,5,9,14-17H2,1-4H3,(H,33,36)/t29-,30+/m0/s1. The van der Waals surface area contributed by atoms with Crippen LogP contribution in [0.15, 0.2) is 60.7 Å². The molecule has 204 valence electrons. The van der Waals surface area contributed by atoms with Gasteiger partial charge in [-0.1, -0.05) is 36.4 Å². The van der Waals surface area contributed by atoms with E-state index in [1.54, 1.807) is 26.4 Å². The molecule has 0 radical (unpaired) electrons. The highest BCUT2D eigenvalue weighted by Gasteiger charge is 2.46. The second-order valence-electron chi connectivity index (χ2n) is 10.2. The smallest absolute Gasteiger partial charge is 0.254 e. The Labute approximate surface area is 230 Å². The van der Waals surface area contributed by atoms with E-state index in [9.17, 15) is 9.59 Å². The molecule has 0 spiro atoms. The summed E-state index contributed by atoms with van der Waals surface area (Å²) in [4.78, 5) is 31.9. The van der Waals surface area contributed by atoms with E-state index in [2.05, 4.69) is 54.4 Å². The molecule has 0 aliphatic carbocycles. The number of carbonyl (C=O) groups excluding carboxylic acids is 2.